The number of nitrogens with one attached hydrogen (secondary N) is 2. The highest BCUT2D eigenvalue weighted by atomic mass is 16.2. The van der Waals surface area contributed by atoms with E-state index in [-0.39, 0.29) is 11.9 Å². The van der Waals surface area contributed by atoms with Crippen LogP contribution in [-0.2, 0) is 6.54 Å². The van der Waals surface area contributed by atoms with E-state index >= 15 is 0 Å². The molecule has 2 N–H and O–H groups in total. The Morgan fingerprint density at radius 1 is 1.32 bits per heavy atom. The second kappa shape index (κ2) is 8.25. The van der Waals surface area contributed by atoms with Crippen LogP contribution < -0.4 is 5.32 Å². The minimum Gasteiger partial charge on any atom is -0.383 e. The van der Waals surface area contributed by atoms with E-state index in [4.69, 9.17) is 0 Å². The van der Waals surface area contributed by atoms with Crippen molar-refractivity contribution >= 4 is 16.8 Å². The van der Waals surface area contributed by atoms with Crippen molar-refractivity contribution in [1.82, 2.24) is 25.2 Å². The molecule has 0 bridgehead atoms. The first-order chi connectivity index (χ1) is 13.7. The average Bonchev–Trinajstić information content (AvgIpc) is 3.18. The fourth-order valence-corrected chi connectivity index (χ4v) is 3.84. The van der Waals surface area contributed by atoms with E-state index in [9.17, 15) is 4.79 Å². The fraction of sp³-hybridized carbons (Fsp3) is 0.318. The molecule has 0 radical (unpaired) electrons. The summed E-state index contributed by atoms with van der Waals surface area (Å²) in [6.45, 7) is 3.41. The lowest BCUT2D eigenvalue weighted by atomic mass is 9.97. The molecule has 1 aromatic carbocycles. The van der Waals surface area contributed by atoms with Crippen LogP contribution in [0.15, 0.2) is 60.7 Å². The second-order valence-electron chi connectivity index (χ2n) is 7.08. The number of carbonyl (C=O) groups excluding carboxylic acids is 1. The zero-order valence-electron chi connectivity index (χ0n) is 16.1. The van der Waals surface area contributed by atoms with Gasteiger partial charge in [0.25, 0.3) is 5.91 Å². The number of fused-ring (bicyclic) bond motifs is 1. The Morgan fingerprint density at radius 3 is 3.00 bits per heavy atom. The molecule has 3 aromatic rings. The van der Waals surface area contributed by atoms with Gasteiger partial charge in [-0.05, 0) is 38.0 Å². The number of aromatic amines is 1. The highest BCUT2D eigenvalue weighted by Crippen LogP contribution is 2.24. The van der Waals surface area contributed by atoms with Crippen LogP contribution in [0.2, 0.25) is 0 Å². The highest BCUT2D eigenvalue weighted by molar-refractivity contribution is 5.98. The summed E-state index contributed by atoms with van der Waals surface area (Å²) in [5, 5.41) is 4.54. The lowest BCUT2D eigenvalue weighted by Crippen LogP contribution is -2.42. The topological polar surface area (TPSA) is 73.9 Å². The van der Waals surface area contributed by atoms with E-state index in [0.717, 1.165) is 35.9 Å². The molecule has 4 rings (SSSR count). The van der Waals surface area contributed by atoms with Gasteiger partial charge in [-0.25, -0.2) is 9.97 Å². The Balaban J connectivity index is 1.44. The van der Waals surface area contributed by atoms with Crippen LogP contribution in [0.3, 0.4) is 0 Å². The SMILES string of the molecule is CCN(C(=O)c1cc2ccccc2[nH]1)[C@H]1CCC=C(NCc2ccncn2)C1. The van der Waals surface area contributed by atoms with Crippen LogP contribution in [-0.4, -0.2) is 38.3 Å². The van der Waals surface area contributed by atoms with Crippen molar-refractivity contribution in [1.29, 1.82) is 0 Å². The molecule has 1 aliphatic rings. The number of para-hydroxylation sites is 1. The third-order valence-electron chi connectivity index (χ3n) is 5.29. The molecule has 28 heavy (non-hydrogen) atoms. The number of amides is 1. The van der Waals surface area contributed by atoms with Crippen molar-refractivity contribution in [3.05, 3.63) is 72.1 Å². The molecular weight excluding hydrogens is 350 g/mol. The van der Waals surface area contributed by atoms with Crippen LogP contribution >= 0.6 is 0 Å². The summed E-state index contributed by atoms with van der Waals surface area (Å²) in [6.07, 6.45) is 8.34. The van der Waals surface area contributed by atoms with E-state index in [0.29, 0.717) is 18.8 Å². The molecule has 0 aliphatic heterocycles. The summed E-state index contributed by atoms with van der Waals surface area (Å²) in [4.78, 5) is 26.6. The van der Waals surface area contributed by atoms with Crippen molar-refractivity contribution in [2.75, 3.05) is 6.54 Å². The smallest absolute Gasteiger partial charge is 0.270 e. The summed E-state index contributed by atoms with van der Waals surface area (Å²) >= 11 is 0. The van der Waals surface area contributed by atoms with Gasteiger partial charge in [0.05, 0.1) is 12.2 Å². The second-order valence-corrected chi connectivity index (χ2v) is 7.08. The van der Waals surface area contributed by atoms with Crippen molar-refractivity contribution < 1.29 is 4.79 Å². The molecule has 144 valence electrons. The van der Waals surface area contributed by atoms with Gasteiger partial charge in [0.1, 0.15) is 12.0 Å². The van der Waals surface area contributed by atoms with Gasteiger partial charge < -0.3 is 15.2 Å². The molecular formula is C22H25N5O. The molecule has 0 spiro atoms. The molecule has 6 nitrogen and oxygen atoms in total. The summed E-state index contributed by atoms with van der Waals surface area (Å²) in [5.41, 5.74) is 3.79. The molecule has 0 saturated carbocycles. The lowest BCUT2D eigenvalue weighted by Gasteiger charge is -2.33. The van der Waals surface area contributed by atoms with Gasteiger partial charge in [0, 0.05) is 41.8 Å². The Hall–Kier alpha value is -3.15. The molecule has 6 heteroatoms. The number of nitrogens with zero attached hydrogens (tertiary/aromatic N) is 3. The van der Waals surface area contributed by atoms with Crippen molar-refractivity contribution in [3.63, 3.8) is 0 Å². The van der Waals surface area contributed by atoms with E-state index in [1.54, 1.807) is 12.5 Å². The first-order valence-corrected chi connectivity index (χ1v) is 9.81. The zero-order chi connectivity index (χ0) is 19.3. The first kappa shape index (κ1) is 18.2. The van der Waals surface area contributed by atoms with E-state index in [1.807, 2.05) is 48.2 Å². The van der Waals surface area contributed by atoms with Crippen LogP contribution in [0.1, 0.15) is 42.4 Å². The number of aromatic nitrogens is 3. The molecule has 2 heterocycles. The molecule has 1 amide bonds. The Labute approximate surface area is 164 Å². The van der Waals surface area contributed by atoms with Gasteiger partial charge in [-0.1, -0.05) is 24.3 Å². The van der Waals surface area contributed by atoms with Gasteiger partial charge in [-0.3, -0.25) is 4.79 Å². The van der Waals surface area contributed by atoms with Crippen molar-refractivity contribution in [2.45, 2.75) is 38.8 Å². The standard InChI is InChI=1S/C22H25N5O/c1-2-27(22(28)21-12-16-6-3-4-9-20(16)26-21)19-8-5-7-17(13-19)24-14-18-10-11-23-15-25-18/h3-4,6-7,9-12,15,19,24,26H,2,5,8,13-14H2,1H3/t19-/m0/s1. The maximum Gasteiger partial charge on any atom is 0.270 e. The van der Waals surface area contributed by atoms with Crippen molar-refractivity contribution in [3.8, 4) is 0 Å². The fourth-order valence-electron chi connectivity index (χ4n) is 3.84. The van der Waals surface area contributed by atoms with E-state index in [2.05, 4.69) is 26.3 Å². The maximum absolute atomic E-state index is 13.2. The number of hydrogen-bond acceptors (Lipinski definition) is 4. The maximum atomic E-state index is 13.2. The summed E-state index contributed by atoms with van der Waals surface area (Å²) in [5.74, 6) is 0.0701. The zero-order valence-corrected chi connectivity index (χ0v) is 16.1. The van der Waals surface area contributed by atoms with Gasteiger partial charge in [0.15, 0.2) is 0 Å². The average molecular weight is 375 g/mol. The molecule has 0 saturated heterocycles. The predicted octanol–water partition coefficient (Wildman–Crippen LogP) is 3.65. The first-order valence-electron chi connectivity index (χ1n) is 9.81. The summed E-state index contributed by atoms with van der Waals surface area (Å²) in [6, 6.07) is 12.1. The summed E-state index contributed by atoms with van der Waals surface area (Å²) in [7, 11) is 0. The number of allylic oxidation sites excluding steroid dienone is 1. The van der Waals surface area contributed by atoms with Crippen LogP contribution in [0.25, 0.3) is 10.9 Å². The molecule has 0 unspecified atom stereocenters. The molecule has 1 atom stereocenters. The molecule has 2 aromatic heterocycles. The number of H-pyrrole nitrogens is 1. The number of carbonyl (C=O) groups is 1. The highest BCUT2D eigenvalue weighted by Gasteiger charge is 2.27. The molecule has 0 fully saturated rings. The van der Waals surface area contributed by atoms with Crippen molar-refractivity contribution in [2.24, 2.45) is 0 Å². The quantitative estimate of drug-likeness (QED) is 0.690. The molecule has 1 aliphatic carbocycles. The van der Waals surface area contributed by atoms with Gasteiger partial charge in [-0.2, -0.15) is 0 Å². The Morgan fingerprint density at radius 2 is 2.21 bits per heavy atom. The van der Waals surface area contributed by atoms with E-state index in [1.165, 1.54) is 5.70 Å². The predicted molar refractivity (Wildman–Crippen MR) is 110 cm³/mol. The van der Waals surface area contributed by atoms with Gasteiger partial charge in [0.2, 0.25) is 0 Å². The van der Waals surface area contributed by atoms with Crippen LogP contribution in [0, 0.1) is 0 Å². The lowest BCUT2D eigenvalue weighted by molar-refractivity contribution is 0.0669. The third-order valence-corrected chi connectivity index (χ3v) is 5.29. The van der Waals surface area contributed by atoms with E-state index < -0.39 is 0 Å². The third kappa shape index (κ3) is 3.91. The minimum atomic E-state index is 0.0701. The van der Waals surface area contributed by atoms with Gasteiger partial charge in [-0.15, -0.1) is 0 Å². The minimum absolute atomic E-state index is 0.0701. The normalized spacial score (nSPS) is 16.6. The van der Waals surface area contributed by atoms with Crippen LogP contribution in [0.5, 0.6) is 0 Å². The van der Waals surface area contributed by atoms with Gasteiger partial charge >= 0.3 is 0 Å². The largest absolute Gasteiger partial charge is 0.383 e. The summed E-state index contributed by atoms with van der Waals surface area (Å²) < 4.78 is 0. The monoisotopic (exact) mass is 375 g/mol. The number of hydrogen-bond donors (Lipinski definition) is 2. The number of rotatable bonds is 6. The number of benzene rings is 1. The Bertz CT molecular complexity index is 946. The van der Waals surface area contributed by atoms with Crippen LogP contribution in [0.4, 0.5) is 0 Å². The Kier molecular flexibility index (Phi) is 5.37.